The molecule has 2 aliphatic heterocycles. The molecule has 6 fully saturated rings. The fraction of sp³-hybridized carbons (Fsp3) is 0.750. The first kappa shape index (κ1) is 34.8. The Hall–Kier alpha value is -3.65. The summed E-state index contributed by atoms with van der Waals surface area (Å²) in [6.07, 6.45) is -4.08. The van der Waals surface area contributed by atoms with E-state index in [9.17, 15) is 38.7 Å². The maximum absolute atomic E-state index is 14.8. The van der Waals surface area contributed by atoms with Crippen LogP contribution < -0.4 is 0 Å². The molecule has 14 heteroatoms. The van der Waals surface area contributed by atoms with Gasteiger partial charge in [-0.15, -0.1) is 0 Å². The van der Waals surface area contributed by atoms with Crippen LogP contribution in [0.15, 0.2) is 11.8 Å². The minimum atomic E-state index is -2.12. The van der Waals surface area contributed by atoms with E-state index in [1.807, 2.05) is 6.92 Å². The van der Waals surface area contributed by atoms with E-state index >= 15 is 0 Å². The van der Waals surface area contributed by atoms with Crippen molar-refractivity contribution < 1.29 is 67.1 Å². The lowest BCUT2D eigenvalue weighted by atomic mass is 9.41. The molecule has 0 aromatic rings. The number of allylic oxidation sites excluding steroid dienone is 1. The minimum Gasteiger partial charge on any atom is -0.462 e. The maximum Gasteiger partial charge on any atom is 0.343 e. The Kier molecular flexibility index (Phi) is 7.44. The van der Waals surface area contributed by atoms with Gasteiger partial charge >= 0.3 is 29.8 Å². The van der Waals surface area contributed by atoms with Gasteiger partial charge in [-0.05, 0) is 38.2 Å². The number of hydrogen-bond acceptors (Lipinski definition) is 14. The molecule has 0 spiro atoms. The maximum atomic E-state index is 14.8. The van der Waals surface area contributed by atoms with Gasteiger partial charge in [-0.1, -0.05) is 20.8 Å². The van der Waals surface area contributed by atoms with Gasteiger partial charge in [0.05, 0.1) is 11.5 Å². The molecule has 0 aromatic heterocycles. The fourth-order valence-corrected chi connectivity index (χ4v) is 12.0. The Labute approximate surface area is 288 Å². The van der Waals surface area contributed by atoms with Crippen LogP contribution in [0.25, 0.3) is 0 Å². The molecule has 0 bridgehead atoms. The number of ketones is 2. The number of carbonyl (C=O) groups is 7. The first-order valence-corrected chi connectivity index (χ1v) is 17.2. The van der Waals surface area contributed by atoms with Crippen LogP contribution in [0.5, 0.6) is 0 Å². The van der Waals surface area contributed by atoms with Gasteiger partial charge in [0.15, 0.2) is 5.60 Å². The summed E-state index contributed by atoms with van der Waals surface area (Å²) in [5.74, 6) is -11.7. The Morgan fingerprint density at radius 1 is 0.740 bits per heavy atom. The van der Waals surface area contributed by atoms with Crippen LogP contribution >= 0.6 is 0 Å². The van der Waals surface area contributed by atoms with Crippen LogP contribution in [-0.4, -0.2) is 88.7 Å². The van der Waals surface area contributed by atoms with Gasteiger partial charge in [0.1, 0.15) is 36.3 Å². The highest BCUT2D eigenvalue weighted by Crippen LogP contribution is 2.75. The fourth-order valence-electron chi connectivity index (χ4n) is 12.0. The van der Waals surface area contributed by atoms with Crippen molar-refractivity contribution in [2.24, 2.45) is 57.7 Å². The monoisotopic (exact) mass is 700 g/mol. The lowest BCUT2D eigenvalue weighted by Gasteiger charge is -2.63. The van der Waals surface area contributed by atoms with Crippen LogP contribution in [0, 0.1) is 57.7 Å². The number of epoxide rings is 1. The van der Waals surface area contributed by atoms with Crippen LogP contribution in [0.1, 0.15) is 68.7 Å². The third-order valence-electron chi connectivity index (χ3n) is 13.9. The quantitative estimate of drug-likeness (QED) is 0.192. The summed E-state index contributed by atoms with van der Waals surface area (Å²) < 4.78 is 36.0. The Balaban J connectivity index is 1.54. The molecule has 0 radical (unpaired) electrons. The van der Waals surface area contributed by atoms with Crippen molar-refractivity contribution in [3.8, 4) is 0 Å². The van der Waals surface area contributed by atoms with Crippen LogP contribution in [-0.2, 0) is 62.0 Å². The minimum absolute atomic E-state index is 0.156. The van der Waals surface area contributed by atoms with Gasteiger partial charge in [0, 0.05) is 68.1 Å². The van der Waals surface area contributed by atoms with E-state index in [-0.39, 0.29) is 12.2 Å². The second-order valence-electron chi connectivity index (χ2n) is 16.3. The first-order chi connectivity index (χ1) is 23.1. The standard InChI is InChI=1S/C36H44O14/c1-12-10-19-35(8,36(9,44)32(43)50-19)24-21(12)34(7)22(28(24)45-13(2)37)20-23(29(46-14(3)38)31(34)48-16(5)40)33(6)17(25(41)26(20)42)11-18-27(49-18)30(33)47-15(4)39/h10,12,17-18,20-24,27-31,44H,11H2,1-9H3. The van der Waals surface area contributed by atoms with Crippen molar-refractivity contribution in [2.45, 2.75) is 111 Å². The molecule has 0 amide bonds. The third kappa shape index (κ3) is 4.17. The molecule has 5 aliphatic carbocycles. The summed E-state index contributed by atoms with van der Waals surface area (Å²) >= 11 is 0. The van der Waals surface area contributed by atoms with Gasteiger partial charge in [-0.2, -0.15) is 0 Å². The summed E-state index contributed by atoms with van der Waals surface area (Å²) in [5.41, 5.74) is -6.40. The average Bonchev–Trinajstić information content (AvgIpc) is 3.68. The molecule has 1 N–H and O–H groups in total. The lowest BCUT2D eigenvalue weighted by molar-refractivity contribution is -0.255. The normalized spacial score (nSPS) is 50.9. The van der Waals surface area contributed by atoms with Crippen molar-refractivity contribution in [1.29, 1.82) is 0 Å². The molecule has 2 heterocycles. The van der Waals surface area contributed by atoms with Gasteiger partial charge in [0.25, 0.3) is 0 Å². The molecular weight excluding hydrogens is 656 g/mol. The molecule has 2 saturated heterocycles. The highest BCUT2D eigenvalue weighted by atomic mass is 16.6. The molecule has 50 heavy (non-hydrogen) atoms. The van der Waals surface area contributed by atoms with Crippen molar-refractivity contribution in [3.05, 3.63) is 11.8 Å². The van der Waals surface area contributed by atoms with Gasteiger partial charge < -0.3 is 33.5 Å². The molecule has 17 unspecified atom stereocenters. The van der Waals surface area contributed by atoms with Crippen LogP contribution in [0.4, 0.5) is 0 Å². The van der Waals surface area contributed by atoms with Gasteiger partial charge in [0.2, 0.25) is 11.6 Å². The second kappa shape index (κ2) is 10.7. The molecule has 17 atom stereocenters. The number of aliphatic hydroxyl groups is 1. The predicted molar refractivity (Wildman–Crippen MR) is 165 cm³/mol. The van der Waals surface area contributed by atoms with E-state index in [0.29, 0.717) is 0 Å². The lowest BCUT2D eigenvalue weighted by Crippen LogP contribution is -2.74. The van der Waals surface area contributed by atoms with Crippen molar-refractivity contribution >= 4 is 41.4 Å². The smallest absolute Gasteiger partial charge is 0.343 e. The van der Waals surface area contributed by atoms with E-state index in [2.05, 4.69) is 0 Å². The molecule has 272 valence electrons. The number of esters is 5. The number of rotatable bonds is 4. The second-order valence-corrected chi connectivity index (χ2v) is 16.3. The van der Waals surface area contributed by atoms with Crippen LogP contribution in [0.3, 0.4) is 0 Å². The topological polar surface area (TPSA) is 198 Å². The van der Waals surface area contributed by atoms with E-state index in [1.54, 1.807) is 26.8 Å². The largest absolute Gasteiger partial charge is 0.462 e. The Morgan fingerprint density at radius 2 is 1.28 bits per heavy atom. The Bertz CT molecular complexity index is 1660. The van der Waals surface area contributed by atoms with E-state index in [1.165, 1.54) is 34.6 Å². The molecular formula is C36H44O14. The molecule has 14 nitrogen and oxygen atoms in total. The average molecular weight is 701 g/mol. The molecule has 7 rings (SSSR count). The number of fused-ring (bicyclic) bond motifs is 10. The zero-order valence-electron chi connectivity index (χ0n) is 29.5. The molecule has 4 saturated carbocycles. The Morgan fingerprint density at radius 3 is 1.86 bits per heavy atom. The van der Waals surface area contributed by atoms with E-state index < -0.39 is 141 Å². The third-order valence-corrected chi connectivity index (χ3v) is 13.9. The predicted octanol–water partition coefficient (Wildman–Crippen LogP) is 1.62. The number of hydrogen-bond donors (Lipinski definition) is 1. The summed E-state index contributed by atoms with van der Waals surface area (Å²) in [5, 5.41) is 11.9. The van der Waals surface area contributed by atoms with Gasteiger partial charge in [-0.25, -0.2) is 4.79 Å². The summed E-state index contributed by atoms with van der Waals surface area (Å²) in [6, 6.07) is 0. The zero-order chi connectivity index (χ0) is 36.8. The number of carbonyl (C=O) groups excluding carboxylic acids is 7. The first-order valence-electron chi connectivity index (χ1n) is 17.2. The van der Waals surface area contributed by atoms with Crippen LogP contribution in [0.2, 0.25) is 0 Å². The molecule has 7 aliphatic rings. The van der Waals surface area contributed by atoms with Crippen molar-refractivity contribution in [3.63, 3.8) is 0 Å². The molecule has 0 aromatic carbocycles. The zero-order valence-corrected chi connectivity index (χ0v) is 29.5. The van der Waals surface area contributed by atoms with Gasteiger partial charge in [-0.3, -0.25) is 28.8 Å². The SMILES string of the molecule is CC(=O)OC1C(OC(C)=O)C2(C)C(C(OC(C)=O)C3C2C(C)C=C2OC(=O)C(C)(O)C23C)C2C(=O)C(=O)C3CC4OC4C(OC(C)=O)C3(C)C12. The van der Waals surface area contributed by atoms with E-state index in [0.717, 1.165) is 0 Å². The van der Waals surface area contributed by atoms with E-state index in [4.69, 9.17) is 28.4 Å². The highest BCUT2D eigenvalue weighted by Gasteiger charge is 2.84. The van der Waals surface area contributed by atoms with Crippen molar-refractivity contribution in [2.75, 3.05) is 0 Å². The highest BCUT2D eigenvalue weighted by molar-refractivity contribution is 6.40. The van der Waals surface area contributed by atoms with Crippen molar-refractivity contribution in [1.82, 2.24) is 0 Å². The number of Topliss-reactive ketones (excluding diaryl/α,β-unsaturated/α-hetero) is 2. The summed E-state index contributed by atoms with van der Waals surface area (Å²) in [6.45, 7) is 13.1. The number of ether oxygens (including phenoxy) is 6. The summed E-state index contributed by atoms with van der Waals surface area (Å²) in [7, 11) is 0. The summed E-state index contributed by atoms with van der Waals surface area (Å²) in [4.78, 5) is 94.3.